The van der Waals surface area contributed by atoms with Crippen molar-refractivity contribution < 1.29 is 18.3 Å². The predicted octanol–water partition coefficient (Wildman–Crippen LogP) is 2.42. The van der Waals surface area contributed by atoms with Crippen LogP contribution in [0.4, 0.5) is 13.2 Å². The van der Waals surface area contributed by atoms with Gasteiger partial charge in [-0.3, -0.25) is 0 Å². The van der Waals surface area contributed by atoms with Gasteiger partial charge in [-0.2, -0.15) is 13.2 Å². The van der Waals surface area contributed by atoms with Gasteiger partial charge in [0, 0.05) is 6.42 Å². The first-order valence-electron chi connectivity index (χ1n) is 4.46. The van der Waals surface area contributed by atoms with Crippen LogP contribution in [-0.4, -0.2) is 17.3 Å². The van der Waals surface area contributed by atoms with Crippen LogP contribution in [0.2, 0.25) is 0 Å². The SMILES string of the molecule is Cl.N[C@H](CC(O)c1ccccc1)C(F)(F)F. The molecule has 2 nitrogen and oxygen atoms in total. The zero-order chi connectivity index (χ0) is 11.5. The Morgan fingerprint density at radius 3 is 2.12 bits per heavy atom. The average molecular weight is 256 g/mol. The molecule has 1 aromatic rings. The molecule has 3 N–H and O–H groups in total. The van der Waals surface area contributed by atoms with E-state index >= 15 is 0 Å². The van der Waals surface area contributed by atoms with E-state index < -0.39 is 24.7 Å². The van der Waals surface area contributed by atoms with E-state index in [9.17, 15) is 18.3 Å². The first kappa shape index (κ1) is 15.2. The van der Waals surface area contributed by atoms with Crippen molar-refractivity contribution >= 4 is 12.4 Å². The van der Waals surface area contributed by atoms with Gasteiger partial charge < -0.3 is 10.8 Å². The highest BCUT2D eigenvalue weighted by Crippen LogP contribution is 2.26. The Hall–Kier alpha value is -0.780. The van der Waals surface area contributed by atoms with E-state index in [-0.39, 0.29) is 12.4 Å². The van der Waals surface area contributed by atoms with Crippen molar-refractivity contribution in [2.75, 3.05) is 0 Å². The summed E-state index contributed by atoms with van der Waals surface area (Å²) in [4.78, 5) is 0. The minimum absolute atomic E-state index is 0. The van der Waals surface area contributed by atoms with Gasteiger partial charge in [-0.15, -0.1) is 12.4 Å². The number of rotatable bonds is 3. The summed E-state index contributed by atoms with van der Waals surface area (Å²) in [6.45, 7) is 0. The predicted molar refractivity (Wildman–Crippen MR) is 57.3 cm³/mol. The second-order valence-electron chi connectivity index (χ2n) is 3.31. The monoisotopic (exact) mass is 255 g/mol. The second-order valence-corrected chi connectivity index (χ2v) is 3.31. The van der Waals surface area contributed by atoms with Gasteiger partial charge in [0.2, 0.25) is 0 Å². The van der Waals surface area contributed by atoms with E-state index in [1.54, 1.807) is 30.3 Å². The van der Waals surface area contributed by atoms with E-state index in [4.69, 9.17) is 5.73 Å². The van der Waals surface area contributed by atoms with Crippen LogP contribution in [0, 0.1) is 0 Å². The minimum atomic E-state index is -4.46. The third kappa shape index (κ3) is 4.38. The Balaban J connectivity index is 0.00000225. The van der Waals surface area contributed by atoms with E-state index in [2.05, 4.69) is 0 Å². The smallest absolute Gasteiger partial charge is 0.388 e. The number of aliphatic hydroxyl groups is 1. The molecular weight excluding hydrogens is 243 g/mol. The number of benzene rings is 1. The molecule has 0 amide bonds. The van der Waals surface area contributed by atoms with Gasteiger partial charge in [0.15, 0.2) is 0 Å². The lowest BCUT2D eigenvalue weighted by Crippen LogP contribution is -2.38. The lowest BCUT2D eigenvalue weighted by atomic mass is 10.0. The molecule has 0 saturated heterocycles. The van der Waals surface area contributed by atoms with Crippen molar-refractivity contribution in [1.29, 1.82) is 0 Å². The largest absolute Gasteiger partial charge is 0.403 e. The maximum Gasteiger partial charge on any atom is 0.403 e. The second kappa shape index (κ2) is 6.08. The number of nitrogens with two attached hydrogens (primary N) is 1. The van der Waals surface area contributed by atoms with Crippen LogP contribution in [-0.2, 0) is 0 Å². The molecule has 0 aromatic heterocycles. The summed E-state index contributed by atoms with van der Waals surface area (Å²) in [7, 11) is 0. The molecule has 1 aromatic carbocycles. The summed E-state index contributed by atoms with van der Waals surface area (Å²) in [5.74, 6) is 0. The summed E-state index contributed by atoms with van der Waals surface area (Å²) in [6.07, 6.45) is -6.16. The average Bonchev–Trinajstić information content (AvgIpc) is 2.17. The fraction of sp³-hybridized carbons (Fsp3) is 0.400. The summed E-state index contributed by atoms with van der Waals surface area (Å²) in [5.41, 5.74) is 5.35. The Morgan fingerprint density at radius 2 is 1.69 bits per heavy atom. The summed E-state index contributed by atoms with van der Waals surface area (Å²) in [5, 5.41) is 9.47. The number of aliphatic hydroxyl groups excluding tert-OH is 1. The zero-order valence-electron chi connectivity index (χ0n) is 8.32. The molecular formula is C10H13ClF3NO. The van der Waals surface area contributed by atoms with E-state index in [1.807, 2.05) is 0 Å². The molecule has 1 unspecified atom stereocenters. The molecule has 0 aliphatic rings. The molecule has 92 valence electrons. The van der Waals surface area contributed by atoms with Gasteiger partial charge in [-0.25, -0.2) is 0 Å². The normalized spacial score (nSPS) is 15.1. The fourth-order valence-electron chi connectivity index (χ4n) is 1.19. The molecule has 0 saturated carbocycles. The maximum atomic E-state index is 12.1. The molecule has 2 atom stereocenters. The molecule has 1 rings (SSSR count). The van der Waals surface area contributed by atoms with Gasteiger partial charge in [0.05, 0.1) is 6.10 Å². The summed E-state index contributed by atoms with van der Waals surface area (Å²) < 4.78 is 36.3. The lowest BCUT2D eigenvalue weighted by molar-refractivity contribution is -0.153. The third-order valence-electron chi connectivity index (χ3n) is 2.08. The third-order valence-corrected chi connectivity index (χ3v) is 2.08. The van der Waals surface area contributed by atoms with Crippen molar-refractivity contribution in [3.05, 3.63) is 35.9 Å². The Labute approximate surface area is 97.7 Å². The maximum absolute atomic E-state index is 12.1. The van der Waals surface area contributed by atoms with Crippen LogP contribution in [0.3, 0.4) is 0 Å². The highest BCUT2D eigenvalue weighted by atomic mass is 35.5. The number of hydrogen-bond acceptors (Lipinski definition) is 2. The van der Waals surface area contributed by atoms with E-state index in [0.29, 0.717) is 5.56 Å². The molecule has 0 bridgehead atoms. The molecule has 0 aliphatic heterocycles. The van der Waals surface area contributed by atoms with Crippen LogP contribution in [0.5, 0.6) is 0 Å². The molecule has 0 spiro atoms. The number of alkyl halides is 3. The Morgan fingerprint density at radius 1 is 1.19 bits per heavy atom. The van der Waals surface area contributed by atoms with Gasteiger partial charge in [0.1, 0.15) is 6.04 Å². The number of halogens is 4. The van der Waals surface area contributed by atoms with Crippen molar-refractivity contribution in [1.82, 2.24) is 0 Å². The first-order chi connectivity index (χ1) is 6.91. The molecule has 0 heterocycles. The minimum Gasteiger partial charge on any atom is -0.388 e. The van der Waals surface area contributed by atoms with Gasteiger partial charge >= 0.3 is 6.18 Å². The standard InChI is InChI=1S/C10H12F3NO.ClH/c11-10(12,13)9(14)6-8(15)7-4-2-1-3-5-7;/h1-5,8-9,15H,6,14H2;1H/t8?,9-;/m1./s1. The van der Waals surface area contributed by atoms with E-state index in [1.165, 1.54) is 0 Å². The fourth-order valence-corrected chi connectivity index (χ4v) is 1.19. The van der Waals surface area contributed by atoms with Crippen LogP contribution < -0.4 is 5.73 Å². The molecule has 0 fully saturated rings. The van der Waals surface area contributed by atoms with Crippen LogP contribution in [0.15, 0.2) is 30.3 Å². The zero-order valence-corrected chi connectivity index (χ0v) is 9.13. The molecule has 16 heavy (non-hydrogen) atoms. The van der Waals surface area contributed by atoms with Crippen LogP contribution in [0.1, 0.15) is 18.1 Å². The lowest BCUT2D eigenvalue weighted by Gasteiger charge is -2.19. The molecule has 6 heteroatoms. The van der Waals surface area contributed by atoms with Crippen LogP contribution >= 0.6 is 12.4 Å². The topological polar surface area (TPSA) is 46.2 Å². The molecule has 0 aliphatic carbocycles. The Bertz CT molecular complexity index is 305. The Kier molecular flexibility index (Phi) is 5.78. The quantitative estimate of drug-likeness (QED) is 0.871. The van der Waals surface area contributed by atoms with Crippen molar-refractivity contribution in [2.45, 2.75) is 24.7 Å². The van der Waals surface area contributed by atoms with Crippen molar-refractivity contribution in [3.63, 3.8) is 0 Å². The first-order valence-corrected chi connectivity index (χ1v) is 4.46. The summed E-state index contributed by atoms with van der Waals surface area (Å²) in [6, 6.07) is 6.16. The van der Waals surface area contributed by atoms with Gasteiger partial charge in [0.25, 0.3) is 0 Å². The van der Waals surface area contributed by atoms with Crippen molar-refractivity contribution in [3.8, 4) is 0 Å². The highest BCUT2D eigenvalue weighted by molar-refractivity contribution is 5.85. The highest BCUT2D eigenvalue weighted by Gasteiger charge is 2.37. The summed E-state index contributed by atoms with van der Waals surface area (Å²) >= 11 is 0. The van der Waals surface area contributed by atoms with Gasteiger partial charge in [-0.05, 0) is 5.56 Å². The molecule has 0 radical (unpaired) electrons. The number of hydrogen-bond donors (Lipinski definition) is 2. The van der Waals surface area contributed by atoms with Crippen molar-refractivity contribution in [2.24, 2.45) is 5.73 Å². The van der Waals surface area contributed by atoms with Gasteiger partial charge in [-0.1, -0.05) is 30.3 Å². The van der Waals surface area contributed by atoms with E-state index in [0.717, 1.165) is 0 Å². The van der Waals surface area contributed by atoms with Crippen LogP contribution in [0.25, 0.3) is 0 Å².